The molecule has 1 aliphatic heterocycles. The normalized spacial score (nSPS) is 16.5. The number of hydrogen-bond donors (Lipinski definition) is 2. The van der Waals surface area contributed by atoms with E-state index >= 15 is 0 Å². The van der Waals surface area contributed by atoms with Gasteiger partial charge in [-0.3, -0.25) is 14.4 Å². The van der Waals surface area contributed by atoms with E-state index in [4.69, 9.17) is 21.4 Å². The highest BCUT2D eigenvalue weighted by Gasteiger charge is 2.25. The average molecular weight is 533 g/mol. The Balaban J connectivity index is 1.30. The second kappa shape index (κ2) is 11.4. The van der Waals surface area contributed by atoms with Crippen LogP contribution in [0.25, 0.3) is 11.3 Å². The summed E-state index contributed by atoms with van der Waals surface area (Å²) in [7, 11) is 0. The van der Waals surface area contributed by atoms with Crippen LogP contribution in [0, 0.1) is 11.3 Å². The number of rotatable bonds is 8. The maximum atomic E-state index is 12.7. The molecule has 2 N–H and O–H groups in total. The van der Waals surface area contributed by atoms with Gasteiger partial charge >= 0.3 is 0 Å². The zero-order valence-corrected chi connectivity index (χ0v) is 21.4. The molecule has 12 heteroatoms. The number of piperidine rings is 1. The predicted molar refractivity (Wildman–Crippen MR) is 136 cm³/mol. The van der Waals surface area contributed by atoms with Gasteiger partial charge in [0, 0.05) is 29.1 Å². The summed E-state index contributed by atoms with van der Waals surface area (Å²) in [6, 6.07) is 8.92. The summed E-state index contributed by atoms with van der Waals surface area (Å²) in [5.41, 5.74) is 2.37. The number of nitrogens with one attached hydrogen (secondary N) is 1. The second-order valence-electron chi connectivity index (χ2n) is 8.52. The van der Waals surface area contributed by atoms with Gasteiger partial charge in [-0.25, -0.2) is 9.19 Å². The maximum Gasteiger partial charge on any atom is 0.271 e. The molecule has 4 rings (SSSR count). The maximum absolute atomic E-state index is 12.7. The summed E-state index contributed by atoms with van der Waals surface area (Å²) in [4.78, 5) is 19.3. The number of hydrogen-bond acceptors (Lipinski definition) is 7. The van der Waals surface area contributed by atoms with Crippen molar-refractivity contribution in [2.75, 3.05) is 19.0 Å². The number of benzene rings is 1. The van der Waals surface area contributed by atoms with Gasteiger partial charge in [0.2, 0.25) is 0 Å². The fraction of sp³-hybridized carbons (Fsp3) is 0.391. The number of aromatic nitrogens is 3. The lowest BCUT2D eigenvalue weighted by molar-refractivity contribution is 0.0931. The van der Waals surface area contributed by atoms with E-state index < -0.39 is 11.1 Å². The first-order chi connectivity index (χ1) is 16.8. The van der Waals surface area contributed by atoms with E-state index in [1.165, 1.54) is 11.3 Å². The smallest absolute Gasteiger partial charge is 0.271 e. The Morgan fingerprint density at radius 2 is 2.17 bits per heavy atom. The molecule has 1 unspecified atom stereocenters. The molecule has 0 spiro atoms. The van der Waals surface area contributed by atoms with Gasteiger partial charge in [0.15, 0.2) is 11.1 Å². The van der Waals surface area contributed by atoms with Gasteiger partial charge in [0.1, 0.15) is 17.6 Å². The van der Waals surface area contributed by atoms with Gasteiger partial charge in [-0.15, -0.1) is 11.3 Å². The van der Waals surface area contributed by atoms with Gasteiger partial charge in [-0.1, -0.05) is 17.7 Å². The third kappa shape index (κ3) is 6.54. The molecule has 2 aromatic heterocycles. The first-order valence-electron chi connectivity index (χ1n) is 11.1. The van der Waals surface area contributed by atoms with Crippen LogP contribution in [-0.4, -0.2) is 59.3 Å². The molecule has 0 bridgehead atoms. The lowest BCUT2D eigenvalue weighted by atomic mass is 9.98. The monoisotopic (exact) mass is 532 g/mol. The summed E-state index contributed by atoms with van der Waals surface area (Å²) in [5.74, 6) is 0.217. The SMILES string of the molecule is C[C@H](Cn1ccc(-c2ccc(C#N)c(Cl)c2)n1)NC(=O)c1csc(C2CCN(CS(=O)O)CC2)n1. The van der Waals surface area contributed by atoms with Gasteiger partial charge in [-0.2, -0.15) is 10.4 Å². The van der Waals surface area contributed by atoms with Crippen molar-refractivity contribution in [2.24, 2.45) is 0 Å². The largest absolute Gasteiger partial charge is 0.346 e. The van der Waals surface area contributed by atoms with Crippen LogP contribution in [0.2, 0.25) is 5.02 Å². The van der Waals surface area contributed by atoms with E-state index in [1.807, 2.05) is 30.2 Å². The minimum Gasteiger partial charge on any atom is -0.346 e. The number of carbonyl (C=O) groups excluding carboxylic acids is 1. The Bertz CT molecular complexity index is 1260. The summed E-state index contributed by atoms with van der Waals surface area (Å²) < 4.78 is 21.8. The van der Waals surface area contributed by atoms with Gasteiger partial charge in [0.05, 0.1) is 27.8 Å². The molecule has 2 atom stereocenters. The zero-order chi connectivity index (χ0) is 24.9. The summed E-state index contributed by atoms with van der Waals surface area (Å²) >= 11 is 5.80. The highest BCUT2D eigenvalue weighted by molar-refractivity contribution is 7.79. The molecule has 3 aromatic rings. The lowest BCUT2D eigenvalue weighted by Gasteiger charge is -2.29. The van der Waals surface area contributed by atoms with Crippen LogP contribution in [0.1, 0.15) is 46.7 Å². The molecule has 1 aliphatic rings. The van der Waals surface area contributed by atoms with E-state index in [2.05, 4.69) is 15.4 Å². The molecule has 35 heavy (non-hydrogen) atoms. The van der Waals surface area contributed by atoms with Crippen molar-refractivity contribution in [3.05, 3.63) is 57.1 Å². The molecule has 1 aromatic carbocycles. The Morgan fingerprint density at radius 1 is 1.40 bits per heavy atom. The van der Waals surface area contributed by atoms with Crippen LogP contribution < -0.4 is 5.32 Å². The highest BCUT2D eigenvalue weighted by Crippen LogP contribution is 2.30. The third-order valence-corrected chi connectivity index (χ3v) is 7.75. The molecule has 1 amide bonds. The Morgan fingerprint density at radius 3 is 2.86 bits per heavy atom. The van der Waals surface area contributed by atoms with Gasteiger partial charge < -0.3 is 9.87 Å². The Hall–Kier alpha value is -2.62. The number of thiazole rings is 1. The van der Waals surface area contributed by atoms with E-state index in [-0.39, 0.29) is 23.7 Å². The number of likely N-dealkylation sites (tertiary alicyclic amines) is 1. The van der Waals surface area contributed by atoms with Crippen LogP contribution in [0.3, 0.4) is 0 Å². The molecular formula is C23H25ClN6O3S2. The van der Waals surface area contributed by atoms with Crippen LogP contribution in [0.5, 0.6) is 0 Å². The van der Waals surface area contributed by atoms with E-state index in [1.54, 1.807) is 28.3 Å². The number of carbonyl (C=O) groups is 1. The first kappa shape index (κ1) is 25.5. The van der Waals surface area contributed by atoms with Crippen LogP contribution in [0.4, 0.5) is 0 Å². The standard InChI is InChI=1S/C23H25ClN6O3S2/c1-15(12-30-9-6-20(28-30)17-2-3-18(11-25)19(24)10-17)26-22(31)21-13-34-23(27-21)16-4-7-29(8-5-16)14-35(32)33/h2-3,6,9-10,13,15-16H,4-5,7-8,12,14H2,1H3,(H,26,31)(H,32,33)/t15-/m1/s1. The Labute approximate surface area is 215 Å². The number of nitrogens with zero attached hydrogens (tertiary/aromatic N) is 5. The van der Waals surface area contributed by atoms with Crippen LogP contribution in [0.15, 0.2) is 35.8 Å². The van der Waals surface area contributed by atoms with Crippen molar-refractivity contribution >= 4 is 39.9 Å². The number of halogens is 1. The second-order valence-corrected chi connectivity index (χ2v) is 10.7. The molecule has 3 heterocycles. The van der Waals surface area contributed by atoms with Crippen molar-refractivity contribution in [2.45, 2.75) is 38.3 Å². The summed E-state index contributed by atoms with van der Waals surface area (Å²) in [6.07, 6.45) is 3.55. The minimum absolute atomic E-state index is 0.174. The van der Waals surface area contributed by atoms with Crippen molar-refractivity contribution in [3.8, 4) is 17.3 Å². The van der Waals surface area contributed by atoms with Crippen molar-refractivity contribution in [3.63, 3.8) is 0 Å². The summed E-state index contributed by atoms with van der Waals surface area (Å²) in [6.45, 7) is 3.88. The average Bonchev–Trinajstić information content (AvgIpc) is 3.49. The molecular weight excluding hydrogens is 508 g/mol. The molecule has 184 valence electrons. The van der Waals surface area contributed by atoms with Crippen molar-refractivity contribution in [1.29, 1.82) is 5.26 Å². The van der Waals surface area contributed by atoms with Crippen molar-refractivity contribution < 1.29 is 13.6 Å². The van der Waals surface area contributed by atoms with Gasteiger partial charge in [0.25, 0.3) is 5.91 Å². The van der Waals surface area contributed by atoms with E-state index in [9.17, 15) is 9.00 Å². The first-order valence-corrected chi connectivity index (χ1v) is 13.6. The minimum atomic E-state index is -1.81. The molecule has 1 fully saturated rings. The molecule has 1 saturated heterocycles. The van der Waals surface area contributed by atoms with Gasteiger partial charge in [-0.05, 0) is 51.1 Å². The summed E-state index contributed by atoms with van der Waals surface area (Å²) in [5, 5.41) is 19.7. The van der Waals surface area contributed by atoms with Crippen LogP contribution in [-0.2, 0) is 17.6 Å². The predicted octanol–water partition coefficient (Wildman–Crippen LogP) is 3.71. The quantitative estimate of drug-likeness (QED) is 0.424. The highest BCUT2D eigenvalue weighted by atomic mass is 35.5. The number of nitriles is 1. The number of amides is 1. The fourth-order valence-electron chi connectivity index (χ4n) is 4.05. The third-order valence-electron chi connectivity index (χ3n) is 5.85. The van der Waals surface area contributed by atoms with E-state index in [0.29, 0.717) is 22.8 Å². The van der Waals surface area contributed by atoms with E-state index in [0.717, 1.165) is 42.2 Å². The zero-order valence-electron chi connectivity index (χ0n) is 19.1. The molecule has 9 nitrogen and oxygen atoms in total. The van der Waals surface area contributed by atoms with Crippen LogP contribution >= 0.6 is 22.9 Å². The Kier molecular flexibility index (Phi) is 8.30. The lowest BCUT2D eigenvalue weighted by Crippen LogP contribution is -2.36. The fourth-order valence-corrected chi connectivity index (χ4v) is 5.82. The molecule has 0 radical (unpaired) electrons. The van der Waals surface area contributed by atoms with Crippen molar-refractivity contribution in [1.82, 2.24) is 25.0 Å². The topological polar surface area (TPSA) is 124 Å². The molecule has 0 aliphatic carbocycles. The molecule has 0 saturated carbocycles.